The highest BCUT2D eigenvalue weighted by Gasteiger charge is 1.99. The molecule has 1 aliphatic rings. The molecule has 0 aromatic heterocycles. The van der Waals surface area contributed by atoms with Crippen LogP contribution in [0, 0.1) is 0 Å². The lowest BCUT2D eigenvalue weighted by molar-refractivity contribution is 0.0702. The molecule has 0 N–H and O–H groups in total. The molecule has 0 amide bonds. The molecular formula is C5H9NO. The normalized spacial score (nSPS) is 30.7. The van der Waals surface area contributed by atoms with Crippen LogP contribution in [-0.2, 0) is 4.74 Å². The molecule has 7 heavy (non-hydrogen) atoms. The van der Waals surface area contributed by atoms with Crippen molar-refractivity contribution in [2.24, 2.45) is 4.99 Å². The molecule has 2 heteroatoms. The minimum atomic E-state index is 0.105. The van der Waals surface area contributed by atoms with Crippen LogP contribution in [0.4, 0.5) is 0 Å². The minimum Gasteiger partial charge on any atom is -0.357 e. The second-order valence-electron chi connectivity index (χ2n) is 1.59. The summed E-state index contributed by atoms with van der Waals surface area (Å²) in [7, 11) is 0. The van der Waals surface area contributed by atoms with Gasteiger partial charge in [0, 0.05) is 12.6 Å². The first-order valence-corrected chi connectivity index (χ1v) is 2.53. The molecule has 0 fully saturated rings. The third-order valence-corrected chi connectivity index (χ3v) is 0.921. The van der Waals surface area contributed by atoms with Gasteiger partial charge in [-0.1, -0.05) is 0 Å². The first-order valence-electron chi connectivity index (χ1n) is 2.53. The van der Waals surface area contributed by atoms with E-state index < -0.39 is 0 Å². The maximum atomic E-state index is 5.08. The van der Waals surface area contributed by atoms with Crippen molar-refractivity contribution >= 4 is 6.21 Å². The summed E-state index contributed by atoms with van der Waals surface area (Å²) in [5.74, 6) is 0. The largest absolute Gasteiger partial charge is 0.357 e. The Morgan fingerprint density at radius 1 is 1.86 bits per heavy atom. The van der Waals surface area contributed by atoms with E-state index in [1.54, 1.807) is 0 Å². The maximum absolute atomic E-state index is 5.08. The third kappa shape index (κ3) is 1.27. The van der Waals surface area contributed by atoms with Gasteiger partial charge in [0.2, 0.25) is 0 Å². The first kappa shape index (κ1) is 4.78. The molecule has 0 bridgehead atoms. The SMILES string of the molecule is CC1N=CCCO1. The number of aliphatic imine (C=N–C) groups is 1. The minimum absolute atomic E-state index is 0.105. The monoisotopic (exact) mass is 99.1 g/mol. The lowest BCUT2D eigenvalue weighted by Gasteiger charge is -2.10. The van der Waals surface area contributed by atoms with E-state index >= 15 is 0 Å². The van der Waals surface area contributed by atoms with E-state index in [0.29, 0.717) is 0 Å². The van der Waals surface area contributed by atoms with Gasteiger partial charge in [-0.05, 0) is 6.92 Å². The van der Waals surface area contributed by atoms with Crippen LogP contribution in [-0.4, -0.2) is 19.0 Å². The molecule has 0 saturated carbocycles. The van der Waals surface area contributed by atoms with Crippen molar-refractivity contribution in [3.63, 3.8) is 0 Å². The van der Waals surface area contributed by atoms with Crippen molar-refractivity contribution in [3.8, 4) is 0 Å². The molecule has 1 heterocycles. The van der Waals surface area contributed by atoms with Gasteiger partial charge < -0.3 is 4.74 Å². The summed E-state index contributed by atoms with van der Waals surface area (Å²) in [4.78, 5) is 3.98. The van der Waals surface area contributed by atoms with Crippen molar-refractivity contribution in [1.29, 1.82) is 0 Å². The van der Waals surface area contributed by atoms with Crippen LogP contribution >= 0.6 is 0 Å². The zero-order valence-corrected chi connectivity index (χ0v) is 4.42. The fourth-order valence-corrected chi connectivity index (χ4v) is 0.557. The standard InChI is InChI=1S/C5H9NO/c1-5-6-3-2-4-7-5/h3,5H,2,4H2,1H3. The van der Waals surface area contributed by atoms with Crippen molar-refractivity contribution in [3.05, 3.63) is 0 Å². The molecule has 2 nitrogen and oxygen atoms in total. The van der Waals surface area contributed by atoms with Crippen LogP contribution in [0.25, 0.3) is 0 Å². The molecule has 1 rings (SSSR count). The summed E-state index contributed by atoms with van der Waals surface area (Å²) >= 11 is 0. The highest BCUT2D eigenvalue weighted by atomic mass is 16.5. The lowest BCUT2D eigenvalue weighted by Crippen LogP contribution is -2.11. The quantitative estimate of drug-likeness (QED) is 0.440. The summed E-state index contributed by atoms with van der Waals surface area (Å²) in [5, 5.41) is 0. The number of rotatable bonds is 0. The molecule has 0 radical (unpaired) electrons. The van der Waals surface area contributed by atoms with Gasteiger partial charge in [-0.3, -0.25) is 4.99 Å². The molecule has 1 aliphatic heterocycles. The van der Waals surface area contributed by atoms with Crippen LogP contribution in [0.5, 0.6) is 0 Å². The fourth-order valence-electron chi connectivity index (χ4n) is 0.557. The zero-order valence-electron chi connectivity index (χ0n) is 4.42. The predicted molar refractivity (Wildman–Crippen MR) is 28.5 cm³/mol. The first-order chi connectivity index (χ1) is 3.39. The molecule has 0 saturated heterocycles. The van der Waals surface area contributed by atoms with Crippen molar-refractivity contribution < 1.29 is 4.74 Å². The smallest absolute Gasteiger partial charge is 0.145 e. The van der Waals surface area contributed by atoms with Gasteiger partial charge in [-0.15, -0.1) is 0 Å². The van der Waals surface area contributed by atoms with Crippen LogP contribution < -0.4 is 0 Å². The van der Waals surface area contributed by atoms with Crippen molar-refractivity contribution in [2.45, 2.75) is 19.6 Å². The highest BCUT2D eigenvalue weighted by Crippen LogP contribution is 1.97. The van der Waals surface area contributed by atoms with Crippen LogP contribution in [0.3, 0.4) is 0 Å². The Morgan fingerprint density at radius 2 is 2.71 bits per heavy atom. The number of hydrogen-bond acceptors (Lipinski definition) is 2. The van der Waals surface area contributed by atoms with E-state index in [2.05, 4.69) is 4.99 Å². The van der Waals surface area contributed by atoms with Crippen molar-refractivity contribution in [1.82, 2.24) is 0 Å². The Morgan fingerprint density at radius 3 is 3.00 bits per heavy atom. The fraction of sp³-hybridized carbons (Fsp3) is 0.800. The van der Waals surface area contributed by atoms with E-state index in [-0.39, 0.29) is 6.23 Å². The molecule has 1 unspecified atom stereocenters. The topological polar surface area (TPSA) is 21.6 Å². The summed E-state index contributed by atoms with van der Waals surface area (Å²) in [5.41, 5.74) is 0. The van der Waals surface area contributed by atoms with E-state index in [1.165, 1.54) is 0 Å². The Labute approximate surface area is 43.2 Å². The molecule has 0 aromatic rings. The molecule has 1 atom stereocenters. The van der Waals surface area contributed by atoms with Crippen LogP contribution in [0.2, 0.25) is 0 Å². The van der Waals surface area contributed by atoms with Crippen molar-refractivity contribution in [2.75, 3.05) is 6.61 Å². The summed E-state index contributed by atoms with van der Waals surface area (Å²) in [6, 6.07) is 0. The maximum Gasteiger partial charge on any atom is 0.145 e. The lowest BCUT2D eigenvalue weighted by atomic mass is 10.4. The van der Waals surface area contributed by atoms with Gasteiger partial charge in [0.1, 0.15) is 6.23 Å². The summed E-state index contributed by atoms with van der Waals surface area (Å²) in [6.07, 6.45) is 2.99. The number of nitrogens with zero attached hydrogens (tertiary/aromatic N) is 1. The summed E-state index contributed by atoms with van der Waals surface area (Å²) < 4.78 is 5.08. The van der Waals surface area contributed by atoms with Gasteiger partial charge in [-0.25, -0.2) is 0 Å². The average Bonchev–Trinajstić information content (AvgIpc) is 1.69. The Hall–Kier alpha value is -0.370. The number of ether oxygens (including phenoxy) is 1. The Bertz CT molecular complexity index is 80.1. The molecule has 0 spiro atoms. The van der Waals surface area contributed by atoms with Gasteiger partial charge in [0.15, 0.2) is 0 Å². The molecule has 0 aromatic carbocycles. The van der Waals surface area contributed by atoms with Gasteiger partial charge in [-0.2, -0.15) is 0 Å². The molecule has 40 valence electrons. The van der Waals surface area contributed by atoms with Gasteiger partial charge in [0.05, 0.1) is 6.61 Å². The second kappa shape index (κ2) is 2.07. The molecule has 0 aliphatic carbocycles. The Kier molecular flexibility index (Phi) is 1.42. The van der Waals surface area contributed by atoms with Crippen LogP contribution in [0.1, 0.15) is 13.3 Å². The summed E-state index contributed by atoms with van der Waals surface area (Å²) in [6.45, 7) is 2.78. The van der Waals surface area contributed by atoms with E-state index in [0.717, 1.165) is 13.0 Å². The highest BCUT2D eigenvalue weighted by molar-refractivity contribution is 5.57. The predicted octanol–water partition coefficient (Wildman–Crippen LogP) is 0.824. The zero-order chi connectivity index (χ0) is 5.11. The molecular weight excluding hydrogens is 90.1 g/mol. The third-order valence-electron chi connectivity index (χ3n) is 0.921. The van der Waals surface area contributed by atoms with E-state index in [1.807, 2.05) is 13.1 Å². The van der Waals surface area contributed by atoms with Gasteiger partial charge >= 0.3 is 0 Å². The van der Waals surface area contributed by atoms with E-state index in [4.69, 9.17) is 4.74 Å². The van der Waals surface area contributed by atoms with E-state index in [9.17, 15) is 0 Å². The number of hydrogen-bond donors (Lipinski definition) is 0. The van der Waals surface area contributed by atoms with Crippen LogP contribution in [0.15, 0.2) is 4.99 Å². The Balaban J connectivity index is 2.36. The second-order valence-corrected chi connectivity index (χ2v) is 1.59. The van der Waals surface area contributed by atoms with Gasteiger partial charge in [0.25, 0.3) is 0 Å². The average molecular weight is 99.1 g/mol.